The first kappa shape index (κ1) is 13.7. The van der Waals surface area contributed by atoms with Crippen LogP contribution in [-0.4, -0.2) is 30.2 Å². The van der Waals surface area contributed by atoms with Crippen molar-refractivity contribution in [2.75, 3.05) is 24.3 Å². The number of aromatic hydroxyl groups is 2. The third-order valence-corrected chi connectivity index (χ3v) is 2.81. The first-order valence-corrected chi connectivity index (χ1v) is 6.07. The Labute approximate surface area is 117 Å². The number of carbonyl (C=O) groups is 1. The van der Waals surface area contributed by atoms with E-state index < -0.39 is 5.91 Å². The van der Waals surface area contributed by atoms with Gasteiger partial charge in [0.1, 0.15) is 11.5 Å². The molecule has 0 aromatic heterocycles. The lowest BCUT2D eigenvalue weighted by atomic mass is 10.2. The van der Waals surface area contributed by atoms with E-state index in [1.165, 1.54) is 18.2 Å². The van der Waals surface area contributed by atoms with E-state index in [-0.39, 0.29) is 17.1 Å². The van der Waals surface area contributed by atoms with E-state index in [0.29, 0.717) is 5.69 Å². The fraction of sp³-hybridized carbons (Fsp3) is 0.133. The van der Waals surface area contributed by atoms with E-state index in [9.17, 15) is 15.0 Å². The molecule has 0 saturated heterocycles. The van der Waals surface area contributed by atoms with Gasteiger partial charge >= 0.3 is 0 Å². The van der Waals surface area contributed by atoms with Crippen LogP contribution in [0.1, 0.15) is 10.4 Å². The van der Waals surface area contributed by atoms with E-state index >= 15 is 0 Å². The van der Waals surface area contributed by atoms with E-state index in [4.69, 9.17) is 0 Å². The second-order valence-electron chi connectivity index (χ2n) is 4.63. The normalized spacial score (nSPS) is 10.1. The maximum Gasteiger partial charge on any atom is 0.255 e. The molecule has 0 aliphatic rings. The highest BCUT2D eigenvalue weighted by Crippen LogP contribution is 2.22. The molecule has 0 saturated carbocycles. The van der Waals surface area contributed by atoms with Gasteiger partial charge in [-0.25, -0.2) is 0 Å². The molecule has 0 fully saturated rings. The number of phenols is 2. The molecule has 0 radical (unpaired) electrons. The van der Waals surface area contributed by atoms with Crippen LogP contribution in [0.25, 0.3) is 0 Å². The zero-order valence-corrected chi connectivity index (χ0v) is 11.3. The van der Waals surface area contributed by atoms with E-state index in [2.05, 4.69) is 5.32 Å². The van der Waals surface area contributed by atoms with Crippen molar-refractivity contribution < 1.29 is 15.0 Å². The van der Waals surface area contributed by atoms with Crippen LogP contribution in [0, 0.1) is 0 Å². The topological polar surface area (TPSA) is 72.8 Å². The second kappa shape index (κ2) is 5.52. The van der Waals surface area contributed by atoms with Crippen LogP contribution in [0.3, 0.4) is 0 Å². The van der Waals surface area contributed by atoms with Crippen molar-refractivity contribution in [2.45, 2.75) is 0 Å². The summed E-state index contributed by atoms with van der Waals surface area (Å²) in [4.78, 5) is 14.0. The predicted octanol–water partition coefficient (Wildman–Crippen LogP) is 2.42. The van der Waals surface area contributed by atoms with E-state index in [1.807, 2.05) is 31.1 Å². The third-order valence-electron chi connectivity index (χ3n) is 2.81. The predicted molar refractivity (Wildman–Crippen MR) is 78.5 cm³/mol. The minimum absolute atomic E-state index is 0.155. The van der Waals surface area contributed by atoms with Gasteiger partial charge in [0.25, 0.3) is 5.91 Å². The Morgan fingerprint density at radius 1 is 1.00 bits per heavy atom. The van der Waals surface area contributed by atoms with Crippen molar-refractivity contribution in [3.63, 3.8) is 0 Å². The van der Waals surface area contributed by atoms with Gasteiger partial charge in [0.2, 0.25) is 0 Å². The van der Waals surface area contributed by atoms with Gasteiger partial charge in [-0.1, -0.05) is 0 Å². The molecular formula is C15H16N2O3. The summed E-state index contributed by atoms with van der Waals surface area (Å²) in [5, 5.41) is 21.4. The number of nitrogens with one attached hydrogen (secondary N) is 1. The van der Waals surface area contributed by atoms with Crippen molar-refractivity contribution in [3.8, 4) is 11.5 Å². The van der Waals surface area contributed by atoms with Gasteiger partial charge in [-0.15, -0.1) is 0 Å². The van der Waals surface area contributed by atoms with E-state index in [1.54, 1.807) is 12.1 Å². The Bertz CT molecular complexity index is 601. The first-order chi connectivity index (χ1) is 9.45. The average Bonchev–Trinajstić information content (AvgIpc) is 2.38. The van der Waals surface area contributed by atoms with Gasteiger partial charge in [0.15, 0.2) is 0 Å². The highest BCUT2D eigenvalue weighted by molar-refractivity contribution is 6.04. The SMILES string of the molecule is CN(C)c1ccc(NC(=O)c2cc(O)cc(O)c2)cc1. The Morgan fingerprint density at radius 2 is 1.55 bits per heavy atom. The quantitative estimate of drug-likeness (QED) is 0.802. The summed E-state index contributed by atoms with van der Waals surface area (Å²) < 4.78 is 0. The summed E-state index contributed by atoms with van der Waals surface area (Å²) in [6.07, 6.45) is 0. The average molecular weight is 272 g/mol. The number of rotatable bonds is 3. The number of anilines is 2. The molecule has 3 N–H and O–H groups in total. The molecule has 0 heterocycles. The van der Waals surface area contributed by atoms with Crippen LogP contribution >= 0.6 is 0 Å². The standard InChI is InChI=1S/C15H16N2O3/c1-17(2)12-5-3-11(4-6-12)16-15(20)10-7-13(18)9-14(19)8-10/h3-9,18-19H,1-2H3,(H,16,20). The molecule has 5 heteroatoms. The fourth-order valence-electron chi connectivity index (χ4n) is 1.77. The molecule has 20 heavy (non-hydrogen) atoms. The lowest BCUT2D eigenvalue weighted by Crippen LogP contribution is -2.12. The molecule has 0 bridgehead atoms. The summed E-state index contributed by atoms with van der Waals surface area (Å²) in [5.41, 5.74) is 1.86. The summed E-state index contributed by atoms with van der Waals surface area (Å²) in [6.45, 7) is 0. The number of benzene rings is 2. The maximum absolute atomic E-state index is 12.0. The van der Waals surface area contributed by atoms with Gasteiger partial charge in [0, 0.05) is 37.1 Å². The van der Waals surface area contributed by atoms with Crippen LogP contribution in [0.5, 0.6) is 11.5 Å². The summed E-state index contributed by atoms with van der Waals surface area (Å²) in [6, 6.07) is 11.1. The third kappa shape index (κ3) is 3.20. The lowest BCUT2D eigenvalue weighted by molar-refractivity contribution is 0.102. The van der Waals surface area contributed by atoms with Gasteiger partial charge < -0.3 is 20.4 Å². The van der Waals surface area contributed by atoms with Crippen molar-refractivity contribution in [1.29, 1.82) is 0 Å². The Morgan fingerprint density at radius 3 is 2.05 bits per heavy atom. The molecule has 0 aliphatic carbocycles. The Balaban J connectivity index is 2.14. The van der Waals surface area contributed by atoms with Gasteiger partial charge in [-0.05, 0) is 36.4 Å². The van der Waals surface area contributed by atoms with E-state index in [0.717, 1.165) is 5.69 Å². The maximum atomic E-state index is 12.0. The fourth-order valence-corrected chi connectivity index (χ4v) is 1.77. The summed E-state index contributed by atoms with van der Waals surface area (Å²) in [7, 11) is 3.87. The van der Waals surface area contributed by atoms with Crippen LogP contribution in [0.4, 0.5) is 11.4 Å². The number of hydrogen-bond donors (Lipinski definition) is 3. The van der Waals surface area contributed by atoms with Crippen LogP contribution in [0.2, 0.25) is 0 Å². The van der Waals surface area contributed by atoms with Crippen molar-refractivity contribution in [3.05, 3.63) is 48.0 Å². The monoisotopic (exact) mass is 272 g/mol. The minimum atomic E-state index is -0.395. The molecule has 2 aromatic rings. The molecular weight excluding hydrogens is 256 g/mol. The van der Waals surface area contributed by atoms with Crippen molar-refractivity contribution in [2.24, 2.45) is 0 Å². The number of phenolic OH excluding ortho intramolecular Hbond substituents is 2. The van der Waals surface area contributed by atoms with Crippen LogP contribution < -0.4 is 10.2 Å². The Hall–Kier alpha value is -2.69. The molecule has 0 aliphatic heterocycles. The van der Waals surface area contributed by atoms with Crippen LogP contribution in [0.15, 0.2) is 42.5 Å². The number of amides is 1. The summed E-state index contributed by atoms with van der Waals surface area (Å²) in [5.74, 6) is -0.704. The molecule has 0 atom stereocenters. The molecule has 104 valence electrons. The van der Waals surface area contributed by atoms with Crippen molar-refractivity contribution in [1.82, 2.24) is 0 Å². The largest absolute Gasteiger partial charge is 0.508 e. The minimum Gasteiger partial charge on any atom is -0.508 e. The van der Waals surface area contributed by atoms with Crippen LogP contribution in [-0.2, 0) is 0 Å². The molecule has 1 amide bonds. The lowest BCUT2D eigenvalue weighted by Gasteiger charge is -2.13. The first-order valence-electron chi connectivity index (χ1n) is 6.07. The molecule has 2 aromatic carbocycles. The molecule has 5 nitrogen and oxygen atoms in total. The zero-order valence-electron chi connectivity index (χ0n) is 11.3. The molecule has 2 rings (SSSR count). The number of nitrogens with zero attached hydrogens (tertiary/aromatic N) is 1. The molecule has 0 unspecified atom stereocenters. The van der Waals surface area contributed by atoms with Gasteiger partial charge in [0.05, 0.1) is 0 Å². The second-order valence-corrected chi connectivity index (χ2v) is 4.63. The van der Waals surface area contributed by atoms with Gasteiger partial charge in [-0.2, -0.15) is 0 Å². The number of hydrogen-bond acceptors (Lipinski definition) is 4. The smallest absolute Gasteiger partial charge is 0.255 e. The Kier molecular flexibility index (Phi) is 3.79. The van der Waals surface area contributed by atoms with Crippen molar-refractivity contribution >= 4 is 17.3 Å². The number of carbonyl (C=O) groups excluding carboxylic acids is 1. The highest BCUT2D eigenvalue weighted by atomic mass is 16.3. The molecule has 0 spiro atoms. The zero-order chi connectivity index (χ0) is 14.7. The highest BCUT2D eigenvalue weighted by Gasteiger charge is 2.09. The van der Waals surface area contributed by atoms with Gasteiger partial charge in [-0.3, -0.25) is 4.79 Å². The summed E-state index contributed by atoms with van der Waals surface area (Å²) >= 11 is 0.